The van der Waals surface area contributed by atoms with Crippen molar-refractivity contribution in [2.24, 2.45) is 0 Å². The van der Waals surface area contributed by atoms with Gasteiger partial charge >= 0.3 is 6.18 Å². The van der Waals surface area contributed by atoms with Crippen LogP contribution < -0.4 is 9.64 Å². The molecular formula is C21H18F3N3O2S. The Morgan fingerprint density at radius 3 is 2.33 bits per heavy atom. The number of para-hydroxylation sites is 1. The van der Waals surface area contributed by atoms with Crippen molar-refractivity contribution in [1.29, 1.82) is 0 Å². The average molecular weight is 433 g/mol. The number of hydrogen-bond acceptors (Lipinski definition) is 5. The van der Waals surface area contributed by atoms with E-state index in [1.54, 1.807) is 55.6 Å². The standard InChI is InChI=1S/C21H18F3N3O2S/c1-27(15-6-4-3-5-7-15)19(28)13-30-20-25-17(12-18(26-20)21(22,23)24)14-8-10-16(29-2)11-9-14/h3-12H,13H2,1-2H3. The summed E-state index contributed by atoms with van der Waals surface area (Å²) in [5, 5.41) is -0.120. The quantitative estimate of drug-likeness (QED) is 0.408. The van der Waals surface area contributed by atoms with Crippen LogP contribution >= 0.6 is 11.8 Å². The molecule has 1 aromatic heterocycles. The zero-order valence-corrected chi connectivity index (χ0v) is 17.0. The molecule has 0 aliphatic carbocycles. The first-order chi connectivity index (χ1) is 14.3. The van der Waals surface area contributed by atoms with Crippen LogP contribution in [0, 0.1) is 0 Å². The first kappa shape index (κ1) is 21.6. The predicted molar refractivity (Wildman–Crippen MR) is 110 cm³/mol. The van der Waals surface area contributed by atoms with E-state index in [1.165, 1.54) is 12.0 Å². The zero-order chi connectivity index (χ0) is 21.7. The highest BCUT2D eigenvalue weighted by molar-refractivity contribution is 7.99. The first-order valence-corrected chi connectivity index (χ1v) is 9.81. The third-order valence-electron chi connectivity index (χ3n) is 4.22. The van der Waals surface area contributed by atoms with Crippen molar-refractivity contribution < 1.29 is 22.7 Å². The number of alkyl halides is 3. The molecule has 0 atom stereocenters. The largest absolute Gasteiger partial charge is 0.497 e. The van der Waals surface area contributed by atoms with Gasteiger partial charge in [0.05, 0.1) is 18.6 Å². The van der Waals surface area contributed by atoms with Crippen molar-refractivity contribution in [3.05, 3.63) is 66.4 Å². The van der Waals surface area contributed by atoms with Crippen LogP contribution in [0.1, 0.15) is 5.69 Å². The van der Waals surface area contributed by atoms with Gasteiger partial charge in [-0.1, -0.05) is 30.0 Å². The zero-order valence-electron chi connectivity index (χ0n) is 16.2. The molecule has 9 heteroatoms. The molecular weight excluding hydrogens is 415 g/mol. The number of ether oxygens (including phenoxy) is 1. The number of aromatic nitrogens is 2. The van der Waals surface area contributed by atoms with Crippen LogP contribution in [0.15, 0.2) is 65.8 Å². The lowest BCUT2D eigenvalue weighted by Crippen LogP contribution is -2.27. The Labute approximate surface area is 175 Å². The minimum absolute atomic E-state index is 0.102. The molecule has 2 aromatic carbocycles. The van der Waals surface area contributed by atoms with Gasteiger partial charge in [0.2, 0.25) is 5.91 Å². The summed E-state index contributed by atoms with van der Waals surface area (Å²) >= 11 is 0.860. The monoisotopic (exact) mass is 433 g/mol. The maximum atomic E-state index is 13.3. The second-order valence-corrected chi connectivity index (χ2v) is 7.17. The van der Waals surface area contributed by atoms with E-state index in [1.807, 2.05) is 6.07 Å². The van der Waals surface area contributed by atoms with Gasteiger partial charge in [0.15, 0.2) is 5.16 Å². The number of amides is 1. The highest BCUT2D eigenvalue weighted by Crippen LogP contribution is 2.32. The highest BCUT2D eigenvalue weighted by Gasteiger charge is 2.34. The Kier molecular flexibility index (Phi) is 6.61. The maximum absolute atomic E-state index is 13.3. The summed E-state index contributed by atoms with van der Waals surface area (Å²) in [4.78, 5) is 21.7. The van der Waals surface area contributed by atoms with Crippen molar-refractivity contribution in [2.75, 3.05) is 24.8 Å². The summed E-state index contributed by atoms with van der Waals surface area (Å²) in [7, 11) is 3.10. The molecule has 1 heterocycles. The fraction of sp³-hybridized carbons (Fsp3) is 0.190. The Morgan fingerprint density at radius 2 is 1.73 bits per heavy atom. The summed E-state index contributed by atoms with van der Waals surface area (Å²) < 4.78 is 45.1. The van der Waals surface area contributed by atoms with Gasteiger partial charge in [-0.15, -0.1) is 0 Å². The van der Waals surface area contributed by atoms with Crippen molar-refractivity contribution in [3.63, 3.8) is 0 Å². The van der Waals surface area contributed by atoms with E-state index in [-0.39, 0.29) is 22.5 Å². The molecule has 0 fully saturated rings. The molecule has 5 nitrogen and oxygen atoms in total. The van der Waals surface area contributed by atoms with Crippen LogP contribution in [0.3, 0.4) is 0 Å². The lowest BCUT2D eigenvalue weighted by Gasteiger charge is -2.17. The van der Waals surface area contributed by atoms with Crippen LogP contribution in [0.5, 0.6) is 5.75 Å². The molecule has 156 valence electrons. The van der Waals surface area contributed by atoms with E-state index < -0.39 is 11.9 Å². The Morgan fingerprint density at radius 1 is 1.07 bits per heavy atom. The summed E-state index contributed by atoms with van der Waals surface area (Å²) in [5.74, 6) is 0.195. The Hall–Kier alpha value is -3.07. The van der Waals surface area contributed by atoms with Gasteiger partial charge in [0.1, 0.15) is 11.4 Å². The van der Waals surface area contributed by atoms with Crippen LogP contribution in [0.2, 0.25) is 0 Å². The second kappa shape index (κ2) is 9.17. The van der Waals surface area contributed by atoms with Gasteiger partial charge in [-0.3, -0.25) is 4.79 Å². The number of hydrogen-bond donors (Lipinski definition) is 0. The van der Waals surface area contributed by atoms with E-state index in [4.69, 9.17) is 4.74 Å². The minimum atomic E-state index is -4.63. The first-order valence-electron chi connectivity index (χ1n) is 8.83. The topological polar surface area (TPSA) is 55.3 Å². The summed E-state index contributed by atoms with van der Waals surface area (Å²) in [6, 6.07) is 16.3. The Balaban J connectivity index is 1.83. The normalized spacial score (nSPS) is 11.2. The third-order valence-corrected chi connectivity index (χ3v) is 5.06. The molecule has 1 amide bonds. The minimum Gasteiger partial charge on any atom is -0.497 e. The highest BCUT2D eigenvalue weighted by atomic mass is 32.2. The van der Waals surface area contributed by atoms with Gasteiger partial charge in [-0.25, -0.2) is 9.97 Å². The second-order valence-electron chi connectivity index (χ2n) is 6.22. The summed E-state index contributed by atoms with van der Waals surface area (Å²) in [6.45, 7) is 0. The number of carbonyl (C=O) groups excluding carboxylic acids is 1. The number of anilines is 1. The molecule has 0 saturated carbocycles. The number of nitrogens with zero attached hydrogens (tertiary/aromatic N) is 3. The van der Waals surface area contributed by atoms with Gasteiger partial charge in [-0.05, 0) is 42.5 Å². The van der Waals surface area contributed by atoms with Crippen molar-refractivity contribution in [2.45, 2.75) is 11.3 Å². The van der Waals surface area contributed by atoms with Crippen LogP contribution in [-0.4, -0.2) is 35.8 Å². The molecule has 0 radical (unpaired) electrons. The van der Waals surface area contributed by atoms with Crippen LogP contribution in [0.4, 0.5) is 18.9 Å². The van der Waals surface area contributed by atoms with E-state index in [2.05, 4.69) is 9.97 Å². The van der Waals surface area contributed by atoms with Crippen molar-refractivity contribution >= 4 is 23.4 Å². The van der Waals surface area contributed by atoms with Crippen molar-refractivity contribution in [1.82, 2.24) is 9.97 Å². The number of halogens is 3. The number of thioether (sulfide) groups is 1. The molecule has 0 N–H and O–H groups in total. The predicted octanol–water partition coefficient (Wildman–Crippen LogP) is 4.93. The average Bonchev–Trinajstić information content (AvgIpc) is 2.76. The fourth-order valence-corrected chi connectivity index (χ4v) is 3.34. The SMILES string of the molecule is COc1ccc(-c2cc(C(F)(F)F)nc(SCC(=O)N(C)c3ccccc3)n2)cc1. The summed E-state index contributed by atoms with van der Waals surface area (Å²) in [6.07, 6.45) is -4.63. The molecule has 0 saturated heterocycles. The van der Waals surface area contributed by atoms with E-state index in [9.17, 15) is 18.0 Å². The molecule has 0 spiro atoms. The van der Waals surface area contributed by atoms with E-state index >= 15 is 0 Å². The lowest BCUT2D eigenvalue weighted by molar-refractivity contribution is -0.141. The molecule has 3 aromatic rings. The summed E-state index contributed by atoms with van der Waals surface area (Å²) in [5.41, 5.74) is 0.228. The van der Waals surface area contributed by atoms with Crippen LogP contribution in [-0.2, 0) is 11.0 Å². The van der Waals surface area contributed by atoms with Gasteiger partial charge in [0.25, 0.3) is 0 Å². The number of benzene rings is 2. The Bertz CT molecular complexity index is 1010. The molecule has 3 rings (SSSR count). The molecule has 0 aliphatic rings. The fourth-order valence-electron chi connectivity index (χ4n) is 2.56. The molecule has 30 heavy (non-hydrogen) atoms. The molecule has 0 unspecified atom stereocenters. The van der Waals surface area contributed by atoms with Crippen molar-refractivity contribution in [3.8, 4) is 17.0 Å². The number of carbonyl (C=O) groups is 1. The molecule has 0 aliphatic heterocycles. The maximum Gasteiger partial charge on any atom is 0.433 e. The lowest BCUT2D eigenvalue weighted by atomic mass is 10.1. The number of rotatable bonds is 6. The third kappa shape index (κ3) is 5.29. The smallest absolute Gasteiger partial charge is 0.433 e. The van der Waals surface area contributed by atoms with Gasteiger partial charge in [-0.2, -0.15) is 13.2 Å². The number of methoxy groups -OCH3 is 1. The van der Waals surface area contributed by atoms with E-state index in [0.29, 0.717) is 17.0 Å². The molecule has 0 bridgehead atoms. The van der Waals surface area contributed by atoms with Gasteiger partial charge in [0, 0.05) is 18.3 Å². The van der Waals surface area contributed by atoms with E-state index in [0.717, 1.165) is 17.8 Å². The van der Waals surface area contributed by atoms with Gasteiger partial charge < -0.3 is 9.64 Å². The van der Waals surface area contributed by atoms with Crippen LogP contribution in [0.25, 0.3) is 11.3 Å².